The molecule has 102 valence electrons. The van der Waals surface area contributed by atoms with Gasteiger partial charge in [0.25, 0.3) is 0 Å². The van der Waals surface area contributed by atoms with Gasteiger partial charge in [-0.15, -0.1) is 0 Å². The number of thiazole rings is 1. The van der Waals surface area contributed by atoms with Crippen LogP contribution in [-0.2, 0) is 13.2 Å². The second-order valence-electron chi connectivity index (χ2n) is 4.83. The Morgan fingerprint density at radius 1 is 1.32 bits per heavy atom. The molecule has 4 nitrogen and oxygen atoms in total. The van der Waals surface area contributed by atoms with E-state index in [0.29, 0.717) is 5.92 Å². The molecule has 0 amide bonds. The molecule has 0 bridgehead atoms. The van der Waals surface area contributed by atoms with E-state index in [2.05, 4.69) is 28.7 Å². The molecule has 5 heteroatoms. The van der Waals surface area contributed by atoms with Crippen molar-refractivity contribution in [2.24, 2.45) is 0 Å². The average molecular weight is 277 g/mol. The summed E-state index contributed by atoms with van der Waals surface area (Å²) in [5, 5.41) is 10.3. The number of hydrogen-bond acceptors (Lipinski definition) is 5. The number of rotatable bonds is 5. The molecule has 0 saturated heterocycles. The van der Waals surface area contributed by atoms with Crippen molar-refractivity contribution in [3.05, 3.63) is 40.7 Å². The van der Waals surface area contributed by atoms with Crippen molar-refractivity contribution in [2.45, 2.75) is 32.9 Å². The Morgan fingerprint density at radius 2 is 2.00 bits per heavy atom. The van der Waals surface area contributed by atoms with E-state index in [9.17, 15) is 5.11 Å². The Hall–Kier alpha value is -1.46. The van der Waals surface area contributed by atoms with Gasteiger partial charge in [-0.3, -0.25) is 4.98 Å². The molecule has 0 radical (unpaired) electrons. The van der Waals surface area contributed by atoms with Gasteiger partial charge in [-0.1, -0.05) is 25.2 Å². The van der Waals surface area contributed by atoms with Gasteiger partial charge in [-0.25, -0.2) is 4.98 Å². The van der Waals surface area contributed by atoms with Crippen LogP contribution in [0.3, 0.4) is 0 Å². The van der Waals surface area contributed by atoms with E-state index in [1.54, 1.807) is 23.7 Å². The van der Waals surface area contributed by atoms with Crippen molar-refractivity contribution in [3.63, 3.8) is 0 Å². The van der Waals surface area contributed by atoms with E-state index in [0.717, 1.165) is 22.2 Å². The van der Waals surface area contributed by atoms with Crippen molar-refractivity contribution >= 4 is 16.5 Å². The monoisotopic (exact) mass is 277 g/mol. The summed E-state index contributed by atoms with van der Waals surface area (Å²) in [7, 11) is 2.02. The van der Waals surface area contributed by atoms with Crippen LogP contribution in [-0.4, -0.2) is 22.1 Å². The van der Waals surface area contributed by atoms with Gasteiger partial charge in [-0.2, -0.15) is 0 Å². The number of aliphatic hydroxyl groups excluding tert-OH is 1. The zero-order valence-corrected chi connectivity index (χ0v) is 12.3. The van der Waals surface area contributed by atoms with Crippen molar-refractivity contribution in [3.8, 4) is 0 Å². The Balaban J connectivity index is 2.17. The molecule has 2 aromatic heterocycles. The van der Waals surface area contributed by atoms with Gasteiger partial charge >= 0.3 is 0 Å². The molecule has 0 aromatic carbocycles. The summed E-state index contributed by atoms with van der Waals surface area (Å²) >= 11 is 1.56. The number of pyridine rings is 1. The summed E-state index contributed by atoms with van der Waals surface area (Å²) in [5.41, 5.74) is 2.20. The summed E-state index contributed by atoms with van der Waals surface area (Å²) in [6, 6.07) is 4.00. The van der Waals surface area contributed by atoms with Crippen LogP contribution in [0.2, 0.25) is 0 Å². The summed E-state index contributed by atoms with van der Waals surface area (Å²) in [6.07, 6.45) is 3.59. The normalized spacial score (nSPS) is 11.0. The first-order chi connectivity index (χ1) is 9.11. The molecule has 0 unspecified atom stereocenters. The fourth-order valence-electron chi connectivity index (χ4n) is 1.91. The maximum absolute atomic E-state index is 9.40. The van der Waals surface area contributed by atoms with Gasteiger partial charge in [0.05, 0.1) is 17.2 Å². The average Bonchev–Trinajstić information content (AvgIpc) is 2.84. The zero-order chi connectivity index (χ0) is 13.8. The van der Waals surface area contributed by atoms with Crippen molar-refractivity contribution < 1.29 is 5.11 Å². The maximum Gasteiger partial charge on any atom is 0.185 e. The van der Waals surface area contributed by atoms with Crippen LogP contribution >= 0.6 is 11.3 Å². The molecule has 0 aliphatic heterocycles. The second kappa shape index (κ2) is 6.12. The van der Waals surface area contributed by atoms with Crippen molar-refractivity contribution in [2.75, 3.05) is 11.9 Å². The molecule has 0 saturated carbocycles. The zero-order valence-electron chi connectivity index (χ0n) is 11.5. The molecular weight excluding hydrogens is 258 g/mol. The molecular formula is C14H19N3OS. The quantitative estimate of drug-likeness (QED) is 0.913. The Labute approximate surface area is 117 Å². The van der Waals surface area contributed by atoms with Crippen molar-refractivity contribution in [1.29, 1.82) is 0 Å². The van der Waals surface area contributed by atoms with E-state index >= 15 is 0 Å². The number of aliphatic hydroxyl groups is 1. The van der Waals surface area contributed by atoms with Crippen LogP contribution in [0.1, 0.15) is 35.9 Å². The third kappa shape index (κ3) is 3.30. The highest BCUT2D eigenvalue weighted by Crippen LogP contribution is 2.30. The molecule has 0 aliphatic rings. The van der Waals surface area contributed by atoms with Crippen LogP contribution < -0.4 is 4.90 Å². The van der Waals surface area contributed by atoms with E-state index in [1.165, 1.54) is 5.56 Å². The Morgan fingerprint density at radius 3 is 2.53 bits per heavy atom. The second-order valence-corrected chi connectivity index (χ2v) is 5.89. The van der Waals surface area contributed by atoms with E-state index < -0.39 is 0 Å². The molecule has 1 N–H and O–H groups in total. The van der Waals surface area contributed by atoms with Gasteiger partial charge in [0.2, 0.25) is 0 Å². The molecule has 0 spiro atoms. The topological polar surface area (TPSA) is 49.2 Å². The predicted molar refractivity (Wildman–Crippen MR) is 78.5 cm³/mol. The predicted octanol–water partition coefficient (Wildman–Crippen LogP) is 2.79. The molecule has 2 aromatic rings. The van der Waals surface area contributed by atoms with Crippen LogP contribution in [0, 0.1) is 0 Å². The molecule has 2 heterocycles. The number of nitrogens with zero attached hydrogens (tertiary/aromatic N) is 3. The maximum atomic E-state index is 9.40. The van der Waals surface area contributed by atoms with Crippen LogP contribution in [0.4, 0.5) is 5.13 Å². The van der Waals surface area contributed by atoms with Gasteiger partial charge in [0.1, 0.15) is 0 Å². The first-order valence-electron chi connectivity index (χ1n) is 6.32. The molecule has 0 fully saturated rings. The minimum Gasteiger partial charge on any atom is -0.391 e. The van der Waals surface area contributed by atoms with Gasteiger partial charge in [-0.05, 0) is 23.6 Å². The first kappa shape index (κ1) is 14.0. The van der Waals surface area contributed by atoms with Crippen LogP contribution in [0.15, 0.2) is 24.5 Å². The van der Waals surface area contributed by atoms with Gasteiger partial charge in [0.15, 0.2) is 5.13 Å². The highest BCUT2D eigenvalue weighted by Gasteiger charge is 2.15. The van der Waals surface area contributed by atoms with E-state index in [-0.39, 0.29) is 6.61 Å². The highest BCUT2D eigenvalue weighted by molar-refractivity contribution is 7.15. The largest absolute Gasteiger partial charge is 0.391 e. The lowest BCUT2D eigenvalue weighted by molar-refractivity contribution is 0.283. The van der Waals surface area contributed by atoms with Gasteiger partial charge < -0.3 is 10.0 Å². The standard InChI is InChI=1S/C14H19N3OS/c1-10(2)13-12(9-18)19-14(16-13)17(3)8-11-4-6-15-7-5-11/h4-7,10,18H,8-9H2,1-3H3. The van der Waals surface area contributed by atoms with E-state index in [1.807, 2.05) is 19.2 Å². The lowest BCUT2D eigenvalue weighted by atomic mass is 10.1. The lowest BCUT2D eigenvalue weighted by Gasteiger charge is -2.15. The highest BCUT2D eigenvalue weighted by atomic mass is 32.1. The fraction of sp³-hybridized carbons (Fsp3) is 0.429. The molecule has 2 rings (SSSR count). The molecule has 19 heavy (non-hydrogen) atoms. The first-order valence-corrected chi connectivity index (χ1v) is 7.14. The smallest absolute Gasteiger partial charge is 0.185 e. The minimum absolute atomic E-state index is 0.0638. The minimum atomic E-state index is 0.0638. The lowest BCUT2D eigenvalue weighted by Crippen LogP contribution is -2.16. The molecule has 0 aliphatic carbocycles. The summed E-state index contributed by atoms with van der Waals surface area (Å²) in [6.45, 7) is 5.05. The van der Waals surface area contributed by atoms with Gasteiger partial charge in [0, 0.05) is 26.0 Å². The molecule has 0 atom stereocenters. The summed E-state index contributed by atoms with van der Waals surface area (Å²) in [5.74, 6) is 0.335. The number of aromatic nitrogens is 2. The number of hydrogen-bond donors (Lipinski definition) is 1. The van der Waals surface area contributed by atoms with E-state index in [4.69, 9.17) is 0 Å². The van der Waals surface area contributed by atoms with Crippen LogP contribution in [0.5, 0.6) is 0 Å². The SMILES string of the molecule is CC(C)c1nc(N(C)Cc2ccncc2)sc1CO. The Bertz CT molecular complexity index is 525. The fourth-order valence-corrected chi connectivity index (χ4v) is 2.94. The summed E-state index contributed by atoms with van der Waals surface area (Å²) in [4.78, 5) is 11.7. The summed E-state index contributed by atoms with van der Waals surface area (Å²) < 4.78 is 0. The van der Waals surface area contributed by atoms with Crippen molar-refractivity contribution in [1.82, 2.24) is 9.97 Å². The van der Waals surface area contributed by atoms with Crippen LogP contribution in [0.25, 0.3) is 0 Å². The Kier molecular flexibility index (Phi) is 4.50. The third-order valence-electron chi connectivity index (χ3n) is 2.90. The number of anilines is 1. The third-order valence-corrected chi connectivity index (χ3v) is 4.07.